The van der Waals surface area contributed by atoms with Crippen LogP contribution in [0.25, 0.3) is 0 Å². The van der Waals surface area contributed by atoms with Gasteiger partial charge in [-0.25, -0.2) is 0 Å². The van der Waals surface area contributed by atoms with Crippen molar-refractivity contribution in [2.75, 3.05) is 0 Å². The highest BCUT2D eigenvalue weighted by Gasteiger charge is 2.30. The molecule has 0 saturated heterocycles. The summed E-state index contributed by atoms with van der Waals surface area (Å²) in [6.07, 6.45) is 0. The topological polar surface area (TPSA) is 55.1 Å². The number of carbonyl (C=O) groups is 1. The van der Waals surface area contributed by atoms with Crippen LogP contribution >= 0.6 is 23.8 Å². The quantitative estimate of drug-likeness (QED) is 0.826. The number of nitrogens with one attached hydrogen (secondary N) is 1. The van der Waals surface area contributed by atoms with Gasteiger partial charge in [0, 0.05) is 11.6 Å². The van der Waals surface area contributed by atoms with Gasteiger partial charge in [0.2, 0.25) is 5.91 Å². The first-order valence-electron chi connectivity index (χ1n) is 5.17. The summed E-state index contributed by atoms with van der Waals surface area (Å²) in [5.41, 5.74) is 5.53. The van der Waals surface area contributed by atoms with Gasteiger partial charge in [-0.2, -0.15) is 0 Å². The molecule has 5 heteroatoms. The van der Waals surface area contributed by atoms with E-state index in [4.69, 9.17) is 29.6 Å². The number of amides is 1. The molecule has 0 aliphatic carbocycles. The van der Waals surface area contributed by atoms with Gasteiger partial charge in [-0.1, -0.05) is 42.0 Å². The molecule has 3 N–H and O–H groups in total. The fourth-order valence-corrected chi connectivity index (χ4v) is 1.45. The highest BCUT2D eigenvalue weighted by Crippen LogP contribution is 2.18. The molecule has 3 nitrogen and oxygen atoms in total. The minimum atomic E-state index is -0.851. The number of halogens is 1. The first-order chi connectivity index (χ1) is 7.85. The highest BCUT2D eigenvalue weighted by molar-refractivity contribution is 7.80. The lowest BCUT2D eigenvalue weighted by molar-refractivity contribution is -0.126. The Morgan fingerprint density at radius 3 is 2.59 bits per heavy atom. The van der Waals surface area contributed by atoms with Crippen molar-refractivity contribution < 1.29 is 4.79 Å². The Labute approximate surface area is 111 Å². The van der Waals surface area contributed by atoms with E-state index in [-0.39, 0.29) is 10.9 Å². The maximum absolute atomic E-state index is 11.9. The molecule has 0 radical (unpaired) electrons. The Morgan fingerprint density at radius 2 is 2.06 bits per heavy atom. The van der Waals surface area contributed by atoms with Crippen molar-refractivity contribution in [1.82, 2.24) is 5.32 Å². The Bertz CT molecular complexity index is 446. The van der Waals surface area contributed by atoms with Crippen molar-refractivity contribution in [3.05, 3.63) is 34.9 Å². The number of rotatable bonds is 4. The fraction of sp³-hybridized carbons (Fsp3) is 0.333. The van der Waals surface area contributed by atoms with E-state index in [9.17, 15) is 4.79 Å². The van der Waals surface area contributed by atoms with Crippen LogP contribution < -0.4 is 11.1 Å². The van der Waals surface area contributed by atoms with Crippen LogP contribution in [0.15, 0.2) is 24.3 Å². The lowest BCUT2D eigenvalue weighted by Crippen LogP contribution is -2.44. The average molecular weight is 271 g/mol. The molecule has 1 aromatic carbocycles. The molecule has 0 unspecified atom stereocenters. The maximum atomic E-state index is 11.9. The summed E-state index contributed by atoms with van der Waals surface area (Å²) in [5, 5.41) is 3.40. The van der Waals surface area contributed by atoms with Crippen molar-refractivity contribution in [3.63, 3.8) is 0 Å². The van der Waals surface area contributed by atoms with E-state index < -0.39 is 5.41 Å². The van der Waals surface area contributed by atoms with Gasteiger partial charge in [0.1, 0.15) is 0 Å². The minimum Gasteiger partial charge on any atom is -0.392 e. The number of hydrogen-bond acceptors (Lipinski definition) is 2. The van der Waals surface area contributed by atoms with E-state index in [1.165, 1.54) is 0 Å². The molecule has 0 fully saturated rings. The molecular weight excluding hydrogens is 256 g/mol. The molecule has 0 aliphatic heterocycles. The van der Waals surface area contributed by atoms with Crippen LogP contribution in [0.4, 0.5) is 0 Å². The molecule has 0 bridgehead atoms. The standard InChI is InChI=1S/C12H15ClN2OS/c1-12(2,10(14)17)11(16)15-7-8-5-3-4-6-9(8)13/h3-6H,7H2,1-2H3,(H2,14,17)(H,15,16). The first kappa shape index (κ1) is 13.9. The van der Waals surface area contributed by atoms with Crippen LogP contribution in [0.3, 0.4) is 0 Å². The molecule has 1 amide bonds. The zero-order chi connectivity index (χ0) is 13.1. The third-order valence-corrected chi connectivity index (χ3v) is 3.46. The zero-order valence-corrected chi connectivity index (χ0v) is 11.4. The van der Waals surface area contributed by atoms with Gasteiger partial charge in [0.25, 0.3) is 0 Å². The summed E-state index contributed by atoms with van der Waals surface area (Å²) in [5.74, 6) is -0.204. The van der Waals surface area contributed by atoms with Crippen molar-refractivity contribution in [1.29, 1.82) is 0 Å². The summed E-state index contributed by atoms with van der Waals surface area (Å²) >= 11 is 10.8. The summed E-state index contributed by atoms with van der Waals surface area (Å²) < 4.78 is 0. The SMILES string of the molecule is CC(C)(C(=O)NCc1ccccc1Cl)C(N)=S. The first-order valence-corrected chi connectivity index (χ1v) is 5.96. The minimum absolute atomic E-state index is 0.175. The maximum Gasteiger partial charge on any atom is 0.232 e. The predicted octanol–water partition coefficient (Wildman–Crippen LogP) is 2.27. The average Bonchev–Trinajstić information content (AvgIpc) is 2.27. The van der Waals surface area contributed by atoms with E-state index in [0.29, 0.717) is 11.6 Å². The van der Waals surface area contributed by atoms with Gasteiger partial charge in [-0.15, -0.1) is 0 Å². The third kappa shape index (κ3) is 3.41. The second-order valence-electron chi connectivity index (χ2n) is 4.26. The van der Waals surface area contributed by atoms with Crippen LogP contribution in [0.2, 0.25) is 5.02 Å². The van der Waals surface area contributed by atoms with Gasteiger partial charge in [0.15, 0.2) is 0 Å². The molecule has 0 aliphatic rings. The highest BCUT2D eigenvalue weighted by atomic mass is 35.5. The van der Waals surface area contributed by atoms with E-state index >= 15 is 0 Å². The largest absolute Gasteiger partial charge is 0.392 e. The third-order valence-electron chi connectivity index (χ3n) is 2.58. The Kier molecular flexibility index (Phi) is 4.48. The summed E-state index contributed by atoms with van der Waals surface area (Å²) in [6.45, 7) is 3.75. The number of benzene rings is 1. The second-order valence-corrected chi connectivity index (χ2v) is 5.11. The number of hydrogen-bond donors (Lipinski definition) is 2. The van der Waals surface area contributed by atoms with E-state index in [0.717, 1.165) is 5.56 Å². The van der Waals surface area contributed by atoms with Crippen LogP contribution in [0.1, 0.15) is 19.4 Å². The number of carbonyl (C=O) groups excluding carboxylic acids is 1. The molecular formula is C12H15ClN2OS. The second kappa shape index (κ2) is 5.47. The van der Waals surface area contributed by atoms with Gasteiger partial charge < -0.3 is 11.1 Å². The molecule has 17 heavy (non-hydrogen) atoms. The molecule has 0 spiro atoms. The lowest BCUT2D eigenvalue weighted by Gasteiger charge is -2.22. The molecule has 0 atom stereocenters. The summed E-state index contributed by atoms with van der Waals surface area (Å²) in [4.78, 5) is 12.0. The molecule has 1 aromatic rings. The fourth-order valence-electron chi connectivity index (χ4n) is 1.15. The normalized spacial score (nSPS) is 11.0. The van der Waals surface area contributed by atoms with Crippen molar-refractivity contribution in [3.8, 4) is 0 Å². The van der Waals surface area contributed by atoms with E-state index in [1.54, 1.807) is 19.9 Å². The Hall–Kier alpha value is -1.13. The van der Waals surface area contributed by atoms with Gasteiger partial charge in [-0.05, 0) is 25.5 Å². The van der Waals surface area contributed by atoms with Gasteiger partial charge in [0.05, 0.1) is 10.4 Å². The van der Waals surface area contributed by atoms with Crippen LogP contribution in [0.5, 0.6) is 0 Å². The summed E-state index contributed by atoms with van der Waals surface area (Å²) in [7, 11) is 0. The zero-order valence-electron chi connectivity index (χ0n) is 9.79. The van der Waals surface area contributed by atoms with E-state index in [2.05, 4.69) is 5.32 Å². The lowest BCUT2D eigenvalue weighted by atomic mass is 9.92. The smallest absolute Gasteiger partial charge is 0.232 e. The molecule has 92 valence electrons. The molecule has 0 heterocycles. The summed E-state index contributed by atoms with van der Waals surface area (Å²) in [6, 6.07) is 7.34. The number of thiocarbonyl (C=S) groups is 1. The van der Waals surface area contributed by atoms with Crippen LogP contribution in [-0.2, 0) is 11.3 Å². The van der Waals surface area contributed by atoms with Crippen molar-refractivity contribution in [2.24, 2.45) is 11.1 Å². The monoisotopic (exact) mass is 270 g/mol. The van der Waals surface area contributed by atoms with Crippen LogP contribution in [0, 0.1) is 5.41 Å². The molecule has 1 rings (SSSR count). The van der Waals surface area contributed by atoms with Crippen LogP contribution in [-0.4, -0.2) is 10.9 Å². The predicted molar refractivity (Wildman–Crippen MR) is 73.9 cm³/mol. The van der Waals surface area contributed by atoms with E-state index in [1.807, 2.05) is 18.2 Å². The van der Waals surface area contributed by atoms with Crippen molar-refractivity contribution >= 4 is 34.7 Å². The number of nitrogens with two attached hydrogens (primary N) is 1. The van der Waals surface area contributed by atoms with Gasteiger partial charge >= 0.3 is 0 Å². The Morgan fingerprint density at radius 1 is 1.47 bits per heavy atom. The van der Waals surface area contributed by atoms with Crippen molar-refractivity contribution in [2.45, 2.75) is 20.4 Å². The molecule has 0 aromatic heterocycles. The van der Waals surface area contributed by atoms with Gasteiger partial charge in [-0.3, -0.25) is 4.79 Å². The Balaban J connectivity index is 2.67. The molecule has 0 saturated carbocycles.